The number of aliphatic hydroxyl groups is 1. The maximum atomic E-state index is 9.53. The van der Waals surface area contributed by atoms with E-state index >= 15 is 0 Å². The molecule has 0 amide bonds. The summed E-state index contributed by atoms with van der Waals surface area (Å²) in [6.07, 6.45) is 1.58. The number of nitrogen functional groups attached to an aromatic ring is 1. The second-order valence-corrected chi connectivity index (χ2v) is 6.08. The van der Waals surface area contributed by atoms with Gasteiger partial charge < -0.3 is 10.8 Å². The van der Waals surface area contributed by atoms with Crippen molar-refractivity contribution in [3.63, 3.8) is 0 Å². The zero-order valence-electron chi connectivity index (χ0n) is 10.2. The third-order valence-electron chi connectivity index (χ3n) is 2.47. The van der Waals surface area contributed by atoms with E-state index in [-0.39, 0.29) is 11.1 Å². The first-order chi connectivity index (χ1) is 7.97. The molecule has 0 saturated carbocycles. The van der Waals surface area contributed by atoms with Gasteiger partial charge in [-0.25, -0.2) is 0 Å². The van der Waals surface area contributed by atoms with Crippen molar-refractivity contribution < 1.29 is 5.11 Å². The van der Waals surface area contributed by atoms with Gasteiger partial charge in [-0.2, -0.15) is 0 Å². The lowest BCUT2D eigenvalue weighted by Crippen LogP contribution is -2.18. The van der Waals surface area contributed by atoms with E-state index in [4.69, 9.17) is 11.1 Å². The molecular weight excluding hydrogens is 252 g/mol. The first-order valence-electron chi connectivity index (χ1n) is 5.33. The van der Waals surface area contributed by atoms with E-state index in [0.29, 0.717) is 0 Å². The Morgan fingerprint density at radius 2 is 1.94 bits per heavy atom. The third kappa shape index (κ3) is 3.66. The van der Waals surface area contributed by atoms with E-state index in [1.807, 2.05) is 31.4 Å². The molecule has 3 nitrogen and oxygen atoms in total. The van der Waals surface area contributed by atoms with Crippen LogP contribution in [-0.2, 0) is 0 Å². The quantitative estimate of drug-likeness (QED) is 0.437. The monoisotopic (exact) mass is 270 g/mol. The molecule has 0 heterocycles. The number of nitrogens with two attached hydrogens (primary N) is 1. The summed E-state index contributed by atoms with van der Waals surface area (Å²) in [5.74, 6) is 0.0789. The minimum Gasteiger partial charge on any atom is -0.392 e. The number of aliphatic hydroxyl groups excluding tert-OH is 1. The molecule has 2 unspecified atom stereocenters. The Hall–Kier alpha value is -0.650. The van der Waals surface area contributed by atoms with E-state index in [0.717, 1.165) is 15.4 Å². The van der Waals surface area contributed by atoms with E-state index in [1.54, 1.807) is 30.4 Å². The van der Waals surface area contributed by atoms with Crippen LogP contribution in [-0.4, -0.2) is 28.6 Å². The summed E-state index contributed by atoms with van der Waals surface area (Å²) in [5, 5.41) is 17.3. The molecule has 1 rings (SSSR count). The van der Waals surface area contributed by atoms with Crippen molar-refractivity contribution in [2.45, 2.75) is 35.0 Å². The van der Waals surface area contributed by atoms with E-state index in [1.165, 1.54) is 0 Å². The van der Waals surface area contributed by atoms with E-state index in [9.17, 15) is 5.11 Å². The number of thioether (sulfide) groups is 2. The van der Waals surface area contributed by atoms with Gasteiger partial charge >= 0.3 is 0 Å². The van der Waals surface area contributed by atoms with Crippen molar-refractivity contribution >= 4 is 29.4 Å². The van der Waals surface area contributed by atoms with Crippen molar-refractivity contribution in [1.29, 1.82) is 5.41 Å². The molecule has 0 aliphatic carbocycles. The molecule has 0 fully saturated rings. The van der Waals surface area contributed by atoms with Gasteiger partial charge in [-0.15, -0.1) is 23.5 Å². The fourth-order valence-electron chi connectivity index (χ4n) is 1.34. The van der Waals surface area contributed by atoms with E-state index in [2.05, 4.69) is 0 Å². The summed E-state index contributed by atoms with van der Waals surface area (Å²) in [6.45, 7) is 3.73. The highest BCUT2D eigenvalue weighted by atomic mass is 32.2. The standard InChI is InChI=1S/C12H18N2OS2/c1-7(15)8(2)17-10-6-4-5-9(16-3)11(10)12(13)14/h4-8,15H,1-3H3,(H3,13,14). The van der Waals surface area contributed by atoms with Gasteiger partial charge in [0.05, 0.1) is 6.10 Å². The number of rotatable bonds is 5. The molecule has 4 N–H and O–H groups in total. The molecule has 1 aromatic rings. The molecule has 0 aromatic heterocycles. The average molecular weight is 270 g/mol. The molecule has 17 heavy (non-hydrogen) atoms. The highest BCUT2D eigenvalue weighted by Gasteiger charge is 2.16. The first-order valence-corrected chi connectivity index (χ1v) is 7.44. The second kappa shape index (κ2) is 6.33. The fraction of sp³-hybridized carbons (Fsp3) is 0.417. The summed E-state index contributed by atoms with van der Waals surface area (Å²) < 4.78 is 0. The molecule has 2 atom stereocenters. The van der Waals surface area contributed by atoms with Gasteiger partial charge in [0.1, 0.15) is 5.84 Å². The van der Waals surface area contributed by atoms with Crippen LogP contribution in [0, 0.1) is 5.41 Å². The van der Waals surface area contributed by atoms with Gasteiger partial charge in [0.25, 0.3) is 0 Å². The normalized spacial score (nSPS) is 14.4. The molecule has 0 aliphatic rings. The van der Waals surface area contributed by atoms with Crippen LogP contribution in [0.2, 0.25) is 0 Å². The van der Waals surface area contributed by atoms with Gasteiger partial charge in [-0.05, 0) is 25.3 Å². The van der Waals surface area contributed by atoms with Crippen LogP contribution >= 0.6 is 23.5 Å². The fourth-order valence-corrected chi connectivity index (χ4v) is 3.14. The van der Waals surface area contributed by atoms with E-state index < -0.39 is 6.10 Å². The van der Waals surface area contributed by atoms with Crippen LogP contribution in [0.1, 0.15) is 19.4 Å². The van der Waals surface area contributed by atoms with Crippen molar-refractivity contribution in [1.82, 2.24) is 0 Å². The molecule has 0 aliphatic heterocycles. The molecular formula is C12H18N2OS2. The van der Waals surface area contributed by atoms with Gasteiger partial charge in [0.15, 0.2) is 0 Å². The minimum absolute atomic E-state index is 0.0743. The Morgan fingerprint density at radius 1 is 1.35 bits per heavy atom. The number of nitrogens with one attached hydrogen (secondary N) is 1. The molecule has 1 aromatic carbocycles. The van der Waals surface area contributed by atoms with Crippen LogP contribution in [0.3, 0.4) is 0 Å². The number of hydrogen-bond donors (Lipinski definition) is 3. The van der Waals surface area contributed by atoms with Crippen LogP contribution in [0.4, 0.5) is 0 Å². The second-order valence-electron chi connectivity index (χ2n) is 3.81. The highest BCUT2D eigenvalue weighted by Crippen LogP contribution is 2.33. The SMILES string of the molecule is CSc1cccc(SC(C)C(C)O)c1C(=N)N. The van der Waals surface area contributed by atoms with Gasteiger partial charge in [-0.1, -0.05) is 13.0 Å². The molecule has 0 saturated heterocycles. The van der Waals surface area contributed by atoms with Gasteiger partial charge in [0, 0.05) is 20.6 Å². The lowest BCUT2D eigenvalue weighted by molar-refractivity contribution is 0.196. The van der Waals surface area contributed by atoms with Crippen molar-refractivity contribution in [3.8, 4) is 0 Å². The number of benzene rings is 1. The first kappa shape index (κ1) is 14.4. The zero-order valence-corrected chi connectivity index (χ0v) is 11.9. The Kier molecular flexibility index (Phi) is 5.36. The van der Waals surface area contributed by atoms with Crippen LogP contribution < -0.4 is 5.73 Å². The van der Waals surface area contributed by atoms with Crippen LogP contribution in [0.15, 0.2) is 28.0 Å². The number of hydrogen-bond acceptors (Lipinski definition) is 4. The summed E-state index contributed by atoms with van der Waals surface area (Å²) in [6, 6.07) is 5.86. The Morgan fingerprint density at radius 3 is 2.41 bits per heavy atom. The van der Waals surface area contributed by atoms with Crippen molar-refractivity contribution in [3.05, 3.63) is 23.8 Å². The summed E-state index contributed by atoms with van der Waals surface area (Å²) in [4.78, 5) is 1.96. The molecule has 94 valence electrons. The lowest BCUT2D eigenvalue weighted by atomic mass is 10.2. The van der Waals surface area contributed by atoms with Gasteiger partial charge in [0.2, 0.25) is 0 Å². The Labute approximate surface area is 111 Å². The van der Waals surface area contributed by atoms with Crippen molar-refractivity contribution in [2.24, 2.45) is 5.73 Å². The maximum Gasteiger partial charge on any atom is 0.125 e. The summed E-state index contributed by atoms with van der Waals surface area (Å²) >= 11 is 3.13. The van der Waals surface area contributed by atoms with Crippen molar-refractivity contribution in [2.75, 3.05) is 6.26 Å². The lowest BCUT2D eigenvalue weighted by Gasteiger charge is -2.17. The molecule has 0 radical (unpaired) electrons. The Bertz CT molecular complexity index is 407. The summed E-state index contributed by atoms with van der Waals surface area (Å²) in [7, 11) is 0. The third-order valence-corrected chi connectivity index (χ3v) is 4.61. The van der Waals surface area contributed by atoms with Crippen LogP contribution in [0.25, 0.3) is 0 Å². The largest absolute Gasteiger partial charge is 0.392 e. The number of amidine groups is 1. The summed E-state index contributed by atoms with van der Waals surface area (Å²) in [5.41, 5.74) is 6.41. The molecule has 5 heteroatoms. The smallest absolute Gasteiger partial charge is 0.125 e. The predicted octanol–water partition coefficient (Wildman–Crippen LogP) is 2.55. The predicted molar refractivity (Wildman–Crippen MR) is 76.2 cm³/mol. The topological polar surface area (TPSA) is 70.1 Å². The minimum atomic E-state index is -0.391. The maximum absolute atomic E-state index is 9.53. The van der Waals surface area contributed by atoms with Gasteiger partial charge in [-0.3, -0.25) is 5.41 Å². The molecule has 0 spiro atoms. The molecule has 0 bridgehead atoms. The highest BCUT2D eigenvalue weighted by molar-refractivity contribution is 8.00. The Balaban J connectivity index is 3.10. The zero-order chi connectivity index (χ0) is 13.0. The van der Waals surface area contributed by atoms with Crippen LogP contribution in [0.5, 0.6) is 0 Å². The average Bonchev–Trinajstić information content (AvgIpc) is 2.27.